The summed E-state index contributed by atoms with van der Waals surface area (Å²) in [6.45, 7) is 5.79. The van der Waals surface area contributed by atoms with Gasteiger partial charge in [0.25, 0.3) is 5.91 Å². The highest BCUT2D eigenvalue weighted by molar-refractivity contribution is 6.01. The highest BCUT2D eigenvalue weighted by Crippen LogP contribution is 2.19. The first kappa shape index (κ1) is 21.2. The summed E-state index contributed by atoms with van der Waals surface area (Å²) >= 11 is 0. The average Bonchev–Trinajstić information content (AvgIpc) is 3.22. The van der Waals surface area contributed by atoms with Crippen LogP contribution in [-0.2, 0) is 4.79 Å². The number of nitrogens with one attached hydrogen (secondary N) is 2. The fraction of sp³-hybridized carbons (Fsp3) is 0.261. The molecule has 2 aromatic carbocycles. The molecular formula is C23H25FN4O2. The van der Waals surface area contributed by atoms with Gasteiger partial charge in [-0.15, -0.1) is 0 Å². The second-order valence-corrected chi connectivity index (χ2v) is 7.58. The Balaban J connectivity index is 1.75. The van der Waals surface area contributed by atoms with Gasteiger partial charge in [0.1, 0.15) is 11.7 Å². The van der Waals surface area contributed by atoms with E-state index in [0.29, 0.717) is 17.7 Å². The van der Waals surface area contributed by atoms with Crippen LogP contribution in [0.25, 0.3) is 5.69 Å². The summed E-state index contributed by atoms with van der Waals surface area (Å²) in [5.41, 5.74) is 1.94. The third kappa shape index (κ3) is 5.11. The number of aryl methyl sites for hydroxylation is 1. The van der Waals surface area contributed by atoms with Gasteiger partial charge < -0.3 is 10.6 Å². The van der Waals surface area contributed by atoms with E-state index in [1.165, 1.54) is 10.7 Å². The molecule has 0 saturated carbocycles. The van der Waals surface area contributed by atoms with E-state index in [9.17, 15) is 14.0 Å². The fourth-order valence-corrected chi connectivity index (χ4v) is 3.18. The van der Waals surface area contributed by atoms with Crippen molar-refractivity contribution in [2.75, 3.05) is 5.32 Å². The van der Waals surface area contributed by atoms with Crippen LogP contribution in [0, 0.1) is 18.7 Å². The minimum Gasteiger partial charge on any atom is -0.340 e. The molecule has 2 N–H and O–H groups in total. The molecule has 0 fully saturated rings. The van der Waals surface area contributed by atoms with Crippen LogP contribution in [0.1, 0.15) is 36.2 Å². The summed E-state index contributed by atoms with van der Waals surface area (Å²) in [5.74, 6) is -1.04. The molecular weight excluding hydrogens is 383 g/mol. The predicted octanol–water partition coefficient (Wildman–Crippen LogP) is 4.10. The van der Waals surface area contributed by atoms with Crippen molar-refractivity contribution < 1.29 is 14.0 Å². The largest absolute Gasteiger partial charge is 0.340 e. The van der Waals surface area contributed by atoms with E-state index in [-0.39, 0.29) is 17.5 Å². The third-order valence-corrected chi connectivity index (χ3v) is 4.69. The normalized spacial score (nSPS) is 11.9. The van der Waals surface area contributed by atoms with Crippen LogP contribution in [0.2, 0.25) is 0 Å². The highest BCUT2D eigenvalue weighted by Gasteiger charge is 2.23. The van der Waals surface area contributed by atoms with E-state index < -0.39 is 17.8 Å². The number of carbonyl (C=O) groups is 2. The summed E-state index contributed by atoms with van der Waals surface area (Å²) in [5, 5.41) is 9.53. The molecule has 0 aliphatic carbocycles. The van der Waals surface area contributed by atoms with Crippen LogP contribution in [0.4, 0.5) is 10.1 Å². The van der Waals surface area contributed by atoms with E-state index in [0.717, 1.165) is 5.56 Å². The summed E-state index contributed by atoms with van der Waals surface area (Å²) in [7, 11) is 0. The fourth-order valence-electron chi connectivity index (χ4n) is 3.18. The topological polar surface area (TPSA) is 76.0 Å². The number of hydrogen-bond acceptors (Lipinski definition) is 3. The maximum atomic E-state index is 14.5. The van der Waals surface area contributed by atoms with Crippen molar-refractivity contribution in [3.05, 3.63) is 77.9 Å². The number of amides is 2. The Morgan fingerprint density at radius 3 is 2.53 bits per heavy atom. The lowest BCUT2D eigenvalue weighted by molar-refractivity contribution is -0.118. The molecule has 0 aliphatic rings. The SMILES string of the molecule is Cc1ccccc1C(=O)NC(CC(C)C)C(=O)Nc1ccc(-n2cccn2)c(F)c1. The van der Waals surface area contributed by atoms with Gasteiger partial charge in [-0.3, -0.25) is 9.59 Å². The predicted molar refractivity (Wildman–Crippen MR) is 114 cm³/mol. The summed E-state index contributed by atoms with van der Waals surface area (Å²) in [4.78, 5) is 25.5. The van der Waals surface area contributed by atoms with Crippen molar-refractivity contribution in [3.8, 4) is 5.69 Å². The van der Waals surface area contributed by atoms with Gasteiger partial charge >= 0.3 is 0 Å². The molecule has 1 aromatic heterocycles. The molecule has 3 aromatic rings. The minimum absolute atomic E-state index is 0.178. The van der Waals surface area contributed by atoms with E-state index >= 15 is 0 Å². The number of hydrogen-bond donors (Lipinski definition) is 2. The van der Waals surface area contributed by atoms with E-state index in [4.69, 9.17) is 0 Å². The first-order valence-electron chi connectivity index (χ1n) is 9.82. The molecule has 1 unspecified atom stereocenters. The second-order valence-electron chi connectivity index (χ2n) is 7.58. The maximum Gasteiger partial charge on any atom is 0.252 e. The van der Waals surface area contributed by atoms with Gasteiger partial charge in [-0.05, 0) is 55.2 Å². The van der Waals surface area contributed by atoms with Crippen molar-refractivity contribution in [2.24, 2.45) is 5.92 Å². The van der Waals surface area contributed by atoms with Gasteiger partial charge in [-0.25, -0.2) is 9.07 Å². The number of nitrogens with zero attached hydrogens (tertiary/aromatic N) is 2. The molecule has 0 spiro atoms. The van der Waals surface area contributed by atoms with Gasteiger partial charge in [0.05, 0.1) is 0 Å². The second kappa shape index (κ2) is 9.35. The number of benzene rings is 2. The van der Waals surface area contributed by atoms with Crippen molar-refractivity contribution >= 4 is 17.5 Å². The number of aromatic nitrogens is 2. The summed E-state index contributed by atoms with van der Waals surface area (Å²) < 4.78 is 15.9. The van der Waals surface area contributed by atoms with Crippen LogP contribution < -0.4 is 10.6 Å². The number of anilines is 1. The zero-order chi connectivity index (χ0) is 21.7. The molecule has 3 rings (SSSR count). The zero-order valence-electron chi connectivity index (χ0n) is 17.2. The zero-order valence-corrected chi connectivity index (χ0v) is 17.2. The van der Waals surface area contributed by atoms with Gasteiger partial charge in [-0.2, -0.15) is 5.10 Å². The quantitative estimate of drug-likeness (QED) is 0.618. The van der Waals surface area contributed by atoms with Crippen LogP contribution in [0.15, 0.2) is 60.9 Å². The van der Waals surface area contributed by atoms with Gasteiger partial charge in [0.15, 0.2) is 5.82 Å². The lowest BCUT2D eigenvalue weighted by Crippen LogP contribution is -2.44. The molecule has 0 bridgehead atoms. The molecule has 0 saturated heterocycles. The minimum atomic E-state index is -0.744. The van der Waals surface area contributed by atoms with Gasteiger partial charge in [-0.1, -0.05) is 32.0 Å². The molecule has 0 aliphatic heterocycles. The molecule has 30 heavy (non-hydrogen) atoms. The Bertz CT molecular complexity index is 1030. The van der Waals surface area contributed by atoms with E-state index in [1.54, 1.807) is 42.7 Å². The highest BCUT2D eigenvalue weighted by atomic mass is 19.1. The lowest BCUT2D eigenvalue weighted by atomic mass is 10.0. The Labute approximate surface area is 175 Å². The van der Waals surface area contributed by atoms with E-state index in [1.807, 2.05) is 32.9 Å². The molecule has 6 nitrogen and oxygen atoms in total. The lowest BCUT2D eigenvalue weighted by Gasteiger charge is -2.21. The monoisotopic (exact) mass is 408 g/mol. The maximum absolute atomic E-state index is 14.5. The summed E-state index contributed by atoms with van der Waals surface area (Å²) in [6.07, 6.45) is 3.65. The Kier molecular flexibility index (Phi) is 6.61. The molecule has 156 valence electrons. The smallest absolute Gasteiger partial charge is 0.252 e. The molecule has 1 heterocycles. The van der Waals surface area contributed by atoms with Crippen LogP contribution in [0.5, 0.6) is 0 Å². The van der Waals surface area contributed by atoms with Gasteiger partial charge in [0, 0.05) is 23.6 Å². The van der Waals surface area contributed by atoms with Crippen LogP contribution in [-0.4, -0.2) is 27.6 Å². The van der Waals surface area contributed by atoms with Gasteiger partial charge in [0.2, 0.25) is 5.91 Å². The number of halogens is 1. The molecule has 0 radical (unpaired) electrons. The standard InChI is InChI=1S/C23H25FN4O2/c1-15(2)13-20(27-22(29)18-8-5-4-7-16(18)3)23(30)26-17-9-10-21(19(24)14-17)28-12-6-11-25-28/h4-12,14-15,20H,13H2,1-3H3,(H,26,30)(H,27,29). The first-order chi connectivity index (χ1) is 14.3. The Hall–Kier alpha value is -3.48. The van der Waals surface area contributed by atoms with E-state index in [2.05, 4.69) is 15.7 Å². The van der Waals surface area contributed by atoms with Crippen LogP contribution >= 0.6 is 0 Å². The summed E-state index contributed by atoms with van der Waals surface area (Å²) in [6, 6.07) is 12.5. The Morgan fingerprint density at radius 1 is 1.13 bits per heavy atom. The molecule has 1 atom stereocenters. The van der Waals surface area contributed by atoms with Crippen molar-refractivity contribution in [2.45, 2.75) is 33.2 Å². The van der Waals surface area contributed by atoms with Crippen LogP contribution in [0.3, 0.4) is 0 Å². The van der Waals surface area contributed by atoms with Crippen molar-refractivity contribution in [1.82, 2.24) is 15.1 Å². The van der Waals surface area contributed by atoms with Crippen molar-refractivity contribution in [1.29, 1.82) is 0 Å². The van der Waals surface area contributed by atoms with Crippen molar-refractivity contribution in [3.63, 3.8) is 0 Å². The molecule has 7 heteroatoms. The number of carbonyl (C=O) groups excluding carboxylic acids is 2. The third-order valence-electron chi connectivity index (χ3n) is 4.69. The average molecular weight is 408 g/mol. The molecule has 2 amide bonds. The first-order valence-corrected chi connectivity index (χ1v) is 9.82. The number of rotatable bonds is 7. The Morgan fingerprint density at radius 2 is 1.90 bits per heavy atom.